The maximum atomic E-state index is 12.2. The van der Waals surface area contributed by atoms with Crippen LogP contribution in [0.4, 0.5) is 5.69 Å². The minimum absolute atomic E-state index is 0.154. The summed E-state index contributed by atoms with van der Waals surface area (Å²) in [5.41, 5.74) is 3.10. The van der Waals surface area contributed by atoms with Crippen LogP contribution in [-0.2, 0) is 32.7 Å². The molecule has 1 saturated heterocycles. The number of carbonyl (C=O) groups is 1. The molecule has 1 fully saturated rings. The largest absolute Gasteiger partial charge is 0.489 e. The Labute approximate surface area is 230 Å². The molecule has 2 atom stereocenters. The summed E-state index contributed by atoms with van der Waals surface area (Å²) in [6, 6.07) is 19.0. The number of sulfonamides is 1. The first kappa shape index (κ1) is 28.6. The molecule has 2 heterocycles. The standard InChI is InChI=1S/C26H30N4O7S2/c1-39(35,36)29-15-13-28(14-16-29)25(26(31)32)18-30(38(33)34)22-7-9-23(10-8-22)37-19-20-11-12-27-24(17-20)21-5-3-2-4-6-21/h2-12,17,25H,13-16,18-19H2,1H3,(H,31,32)(H,33,34). The van der Waals surface area contributed by atoms with Gasteiger partial charge >= 0.3 is 5.97 Å². The fourth-order valence-corrected chi connectivity index (χ4v) is 5.72. The number of nitrogens with zero attached hydrogens (tertiary/aromatic N) is 4. The third-order valence-electron chi connectivity index (χ3n) is 6.42. The minimum Gasteiger partial charge on any atom is -0.489 e. The van der Waals surface area contributed by atoms with Gasteiger partial charge in [0.25, 0.3) is 11.3 Å². The molecule has 11 nitrogen and oxygen atoms in total. The van der Waals surface area contributed by atoms with E-state index >= 15 is 0 Å². The highest BCUT2D eigenvalue weighted by molar-refractivity contribution is 7.88. The number of hydrogen-bond acceptors (Lipinski definition) is 7. The number of carboxylic acid groups (broad SMARTS) is 1. The van der Waals surface area contributed by atoms with Gasteiger partial charge in [0.05, 0.1) is 24.2 Å². The fourth-order valence-electron chi connectivity index (χ4n) is 4.32. The van der Waals surface area contributed by atoms with Crippen molar-refractivity contribution in [2.75, 3.05) is 43.3 Å². The minimum atomic E-state index is -3.37. The molecule has 1 aliphatic rings. The molecule has 3 aromatic rings. The van der Waals surface area contributed by atoms with Gasteiger partial charge in [0.1, 0.15) is 18.4 Å². The first-order valence-corrected chi connectivity index (χ1v) is 15.1. The monoisotopic (exact) mass is 574 g/mol. The first-order valence-electron chi connectivity index (χ1n) is 12.2. The summed E-state index contributed by atoms with van der Waals surface area (Å²) in [4.78, 5) is 18.1. The number of pyridine rings is 1. The maximum absolute atomic E-state index is 12.2. The SMILES string of the molecule is CS(=O)(=O)N1CCN(C(CN(c2ccc(OCc3ccnc(-c4ccccc4)c3)cc2)S(=O)O)C(=O)O)CC1. The normalized spacial score (nSPS) is 16.4. The molecule has 1 aliphatic heterocycles. The Balaban J connectivity index is 1.40. The van der Waals surface area contributed by atoms with E-state index in [0.717, 1.165) is 27.4 Å². The van der Waals surface area contributed by atoms with Crippen molar-refractivity contribution < 1.29 is 31.8 Å². The molecule has 13 heteroatoms. The Morgan fingerprint density at radius 1 is 1.08 bits per heavy atom. The van der Waals surface area contributed by atoms with E-state index in [0.29, 0.717) is 11.4 Å². The lowest BCUT2D eigenvalue weighted by Gasteiger charge is -2.37. The number of anilines is 1. The van der Waals surface area contributed by atoms with Crippen molar-refractivity contribution in [1.29, 1.82) is 0 Å². The van der Waals surface area contributed by atoms with Gasteiger partial charge in [-0.05, 0) is 42.0 Å². The molecule has 0 amide bonds. The molecule has 0 saturated carbocycles. The summed E-state index contributed by atoms with van der Waals surface area (Å²) in [5.74, 6) is -0.627. The van der Waals surface area contributed by atoms with Crippen LogP contribution in [0.15, 0.2) is 72.9 Å². The average molecular weight is 575 g/mol. The number of rotatable bonds is 11. The van der Waals surface area contributed by atoms with Crippen LogP contribution in [0.1, 0.15) is 5.56 Å². The van der Waals surface area contributed by atoms with Crippen LogP contribution < -0.4 is 9.04 Å². The second-order valence-electron chi connectivity index (χ2n) is 9.04. The van der Waals surface area contributed by atoms with E-state index in [1.807, 2.05) is 42.5 Å². The summed E-state index contributed by atoms with van der Waals surface area (Å²) >= 11 is -2.49. The third kappa shape index (κ3) is 7.61. The van der Waals surface area contributed by atoms with Crippen molar-refractivity contribution >= 4 is 32.9 Å². The van der Waals surface area contributed by atoms with Crippen molar-refractivity contribution in [3.63, 3.8) is 0 Å². The Hall–Kier alpha value is -3.36. The molecule has 0 spiro atoms. The molecule has 0 bridgehead atoms. The summed E-state index contributed by atoms with van der Waals surface area (Å²) in [7, 11) is -3.37. The maximum Gasteiger partial charge on any atom is 0.322 e. The number of aliphatic carboxylic acids is 1. The lowest BCUT2D eigenvalue weighted by atomic mass is 10.1. The molecule has 0 radical (unpaired) electrons. The van der Waals surface area contributed by atoms with Gasteiger partial charge < -0.3 is 9.84 Å². The molecule has 39 heavy (non-hydrogen) atoms. The molecule has 2 aromatic carbocycles. The molecule has 0 aliphatic carbocycles. The third-order valence-corrected chi connectivity index (χ3v) is 8.46. The Morgan fingerprint density at radius 2 is 1.74 bits per heavy atom. The van der Waals surface area contributed by atoms with Gasteiger partial charge in [-0.25, -0.2) is 12.6 Å². The number of aromatic nitrogens is 1. The highest BCUT2D eigenvalue weighted by Gasteiger charge is 2.34. The van der Waals surface area contributed by atoms with Gasteiger partial charge in [0.15, 0.2) is 0 Å². The van der Waals surface area contributed by atoms with Gasteiger partial charge in [-0.3, -0.25) is 23.5 Å². The highest BCUT2D eigenvalue weighted by atomic mass is 32.2. The van der Waals surface area contributed by atoms with Crippen molar-refractivity contribution in [1.82, 2.24) is 14.2 Å². The Morgan fingerprint density at radius 3 is 2.33 bits per heavy atom. The molecular formula is C26H30N4O7S2. The summed E-state index contributed by atoms with van der Waals surface area (Å²) < 4.78 is 53.9. The van der Waals surface area contributed by atoms with E-state index in [1.54, 1.807) is 35.4 Å². The Kier molecular flexibility index (Phi) is 9.30. The topological polar surface area (TPSA) is 141 Å². The van der Waals surface area contributed by atoms with E-state index in [4.69, 9.17) is 4.74 Å². The second-order valence-corrected chi connectivity index (χ2v) is 11.9. The van der Waals surface area contributed by atoms with E-state index in [1.165, 1.54) is 4.31 Å². The Bertz CT molecular complexity index is 1400. The molecule has 2 N–H and O–H groups in total. The van der Waals surface area contributed by atoms with E-state index < -0.39 is 33.3 Å². The predicted octanol–water partition coefficient (Wildman–Crippen LogP) is 2.30. The number of hydrogen-bond donors (Lipinski definition) is 2. The highest BCUT2D eigenvalue weighted by Crippen LogP contribution is 2.24. The summed E-state index contributed by atoms with van der Waals surface area (Å²) in [6.07, 6.45) is 2.83. The lowest BCUT2D eigenvalue weighted by molar-refractivity contribution is -0.143. The number of ether oxygens (including phenoxy) is 1. The average Bonchev–Trinajstić information content (AvgIpc) is 2.93. The first-order chi connectivity index (χ1) is 18.6. The van der Waals surface area contributed by atoms with E-state index in [9.17, 15) is 27.1 Å². The zero-order valence-electron chi connectivity index (χ0n) is 21.3. The quantitative estimate of drug-likeness (QED) is 0.330. The van der Waals surface area contributed by atoms with Crippen LogP contribution in [0.2, 0.25) is 0 Å². The van der Waals surface area contributed by atoms with Crippen LogP contribution in [0.5, 0.6) is 5.75 Å². The second kappa shape index (κ2) is 12.7. The molecular weight excluding hydrogens is 544 g/mol. The van der Waals surface area contributed by atoms with Gasteiger partial charge in [-0.1, -0.05) is 30.3 Å². The van der Waals surface area contributed by atoms with Gasteiger partial charge in [-0.2, -0.15) is 4.31 Å². The van der Waals surface area contributed by atoms with E-state index in [2.05, 4.69) is 4.98 Å². The smallest absolute Gasteiger partial charge is 0.322 e. The molecule has 1 aromatic heterocycles. The van der Waals surface area contributed by atoms with Crippen LogP contribution in [-0.4, -0.2) is 87.5 Å². The lowest BCUT2D eigenvalue weighted by Crippen LogP contribution is -2.57. The summed E-state index contributed by atoms with van der Waals surface area (Å²) in [6.45, 7) is 0.727. The van der Waals surface area contributed by atoms with Gasteiger partial charge in [0.2, 0.25) is 10.0 Å². The van der Waals surface area contributed by atoms with Crippen molar-refractivity contribution in [2.45, 2.75) is 12.6 Å². The molecule has 4 rings (SSSR count). The van der Waals surface area contributed by atoms with Crippen molar-refractivity contribution in [2.24, 2.45) is 0 Å². The predicted molar refractivity (Wildman–Crippen MR) is 148 cm³/mol. The number of carboxylic acids is 1. The van der Waals surface area contributed by atoms with Gasteiger partial charge in [0, 0.05) is 37.9 Å². The summed E-state index contributed by atoms with van der Waals surface area (Å²) in [5, 5.41) is 9.84. The van der Waals surface area contributed by atoms with Crippen LogP contribution in [0.3, 0.4) is 0 Å². The molecule has 208 valence electrons. The van der Waals surface area contributed by atoms with Crippen molar-refractivity contribution in [3.05, 3.63) is 78.5 Å². The van der Waals surface area contributed by atoms with Crippen molar-refractivity contribution in [3.8, 4) is 17.0 Å². The fraction of sp³-hybridized carbons (Fsp3) is 0.308. The zero-order chi connectivity index (χ0) is 28.0. The van der Waals surface area contributed by atoms with Gasteiger partial charge in [-0.15, -0.1) is 0 Å². The van der Waals surface area contributed by atoms with Crippen LogP contribution in [0.25, 0.3) is 11.3 Å². The van der Waals surface area contributed by atoms with Crippen LogP contribution in [0, 0.1) is 0 Å². The molecule has 2 unspecified atom stereocenters. The number of benzene rings is 2. The van der Waals surface area contributed by atoms with E-state index in [-0.39, 0.29) is 39.3 Å². The van der Waals surface area contributed by atoms with Crippen LogP contribution >= 0.6 is 0 Å². The number of piperazine rings is 1. The zero-order valence-corrected chi connectivity index (χ0v) is 22.9.